The molecule has 5 nitrogen and oxygen atoms in total. The third-order valence-corrected chi connectivity index (χ3v) is 4.25. The largest absolute Gasteiger partial charge is 0.478 e. The van der Waals surface area contributed by atoms with E-state index in [1.165, 1.54) is 12.1 Å². The number of amides is 2. The quantitative estimate of drug-likeness (QED) is 0.880. The molecule has 0 saturated carbocycles. The van der Waals surface area contributed by atoms with Gasteiger partial charge in [0.15, 0.2) is 0 Å². The summed E-state index contributed by atoms with van der Waals surface area (Å²) in [6.45, 7) is 1.36. The fraction of sp³-hybridized carbons (Fsp3) is 0.385. The van der Waals surface area contributed by atoms with Crippen LogP contribution in [-0.2, 0) is 0 Å². The molecule has 0 atom stereocenters. The van der Waals surface area contributed by atoms with Crippen molar-refractivity contribution in [2.75, 3.05) is 29.9 Å². The first-order valence-electron chi connectivity index (χ1n) is 6.24. The second kappa shape index (κ2) is 6.85. The molecular weight excluding hydrogens is 300 g/mol. The first kappa shape index (κ1) is 15.0. The van der Waals surface area contributed by atoms with Crippen molar-refractivity contribution in [2.24, 2.45) is 0 Å². The number of anilines is 1. The minimum atomic E-state index is -1.12. The first-order chi connectivity index (χ1) is 9.58. The Labute approximate surface area is 126 Å². The van der Waals surface area contributed by atoms with Crippen LogP contribution in [0, 0.1) is 0 Å². The summed E-state index contributed by atoms with van der Waals surface area (Å²) < 4.78 is 0. The molecule has 1 heterocycles. The summed E-state index contributed by atoms with van der Waals surface area (Å²) >= 11 is 7.60. The monoisotopic (exact) mass is 314 g/mol. The molecule has 2 rings (SSSR count). The van der Waals surface area contributed by atoms with Crippen LogP contribution in [0.4, 0.5) is 10.5 Å². The lowest BCUT2D eigenvalue weighted by atomic mass is 10.2. The number of aromatic carboxylic acids is 1. The van der Waals surface area contributed by atoms with Crippen LogP contribution in [0.2, 0.25) is 5.02 Å². The molecule has 1 fully saturated rings. The predicted molar refractivity (Wildman–Crippen MR) is 80.9 cm³/mol. The second-order valence-corrected chi connectivity index (χ2v) is 6.04. The van der Waals surface area contributed by atoms with Gasteiger partial charge >= 0.3 is 12.0 Å². The standard InChI is InChI=1S/C13H15ClN2O3S/c14-9-2-3-11(10(8-9)12(17)18)15-13(19)16-4-1-6-20-7-5-16/h2-3,8H,1,4-7H2,(H,15,19)(H,17,18). The smallest absolute Gasteiger partial charge is 0.337 e. The van der Waals surface area contributed by atoms with Crippen LogP contribution in [0.25, 0.3) is 0 Å². The van der Waals surface area contributed by atoms with Crippen molar-refractivity contribution >= 4 is 41.1 Å². The van der Waals surface area contributed by atoms with Crippen molar-refractivity contribution in [3.8, 4) is 0 Å². The Morgan fingerprint density at radius 1 is 1.30 bits per heavy atom. The summed E-state index contributed by atoms with van der Waals surface area (Å²) in [6.07, 6.45) is 0.949. The average molecular weight is 315 g/mol. The number of carbonyl (C=O) groups is 2. The van der Waals surface area contributed by atoms with E-state index in [4.69, 9.17) is 16.7 Å². The van der Waals surface area contributed by atoms with Gasteiger partial charge in [0.1, 0.15) is 0 Å². The van der Waals surface area contributed by atoms with E-state index in [1.807, 2.05) is 11.8 Å². The maximum Gasteiger partial charge on any atom is 0.337 e. The number of carbonyl (C=O) groups excluding carboxylic acids is 1. The van der Waals surface area contributed by atoms with Gasteiger partial charge in [0.2, 0.25) is 0 Å². The predicted octanol–water partition coefficient (Wildman–Crippen LogP) is 3.01. The van der Waals surface area contributed by atoms with Gasteiger partial charge in [-0.15, -0.1) is 0 Å². The Balaban J connectivity index is 2.12. The number of carboxylic acids is 1. The van der Waals surface area contributed by atoms with Crippen LogP contribution < -0.4 is 5.32 Å². The summed E-state index contributed by atoms with van der Waals surface area (Å²) in [5.41, 5.74) is 0.263. The van der Waals surface area contributed by atoms with Crippen LogP contribution >= 0.6 is 23.4 Å². The average Bonchev–Trinajstić information content (AvgIpc) is 2.69. The molecule has 7 heteroatoms. The molecule has 0 radical (unpaired) electrons. The molecule has 108 valence electrons. The number of urea groups is 1. The normalized spacial score (nSPS) is 15.6. The first-order valence-corrected chi connectivity index (χ1v) is 7.77. The summed E-state index contributed by atoms with van der Waals surface area (Å²) in [5.74, 6) is 0.833. The van der Waals surface area contributed by atoms with Gasteiger partial charge in [0, 0.05) is 23.9 Å². The lowest BCUT2D eigenvalue weighted by Crippen LogP contribution is -2.36. The van der Waals surface area contributed by atoms with E-state index < -0.39 is 5.97 Å². The summed E-state index contributed by atoms with van der Waals surface area (Å²) in [5, 5.41) is 12.1. The number of hydrogen-bond donors (Lipinski definition) is 2. The van der Waals surface area contributed by atoms with Gasteiger partial charge in [-0.25, -0.2) is 9.59 Å². The van der Waals surface area contributed by atoms with E-state index in [0.717, 1.165) is 17.9 Å². The Morgan fingerprint density at radius 2 is 2.10 bits per heavy atom. The fourth-order valence-electron chi connectivity index (χ4n) is 1.95. The van der Waals surface area contributed by atoms with E-state index in [9.17, 15) is 9.59 Å². The Kier molecular flexibility index (Phi) is 5.14. The minimum absolute atomic E-state index is 0.00459. The maximum atomic E-state index is 12.2. The molecular formula is C13H15ClN2O3S. The summed E-state index contributed by atoms with van der Waals surface area (Å²) in [6, 6.07) is 4.13. The van der Waals surface area contributed by atoms with Gasteiger partial charge in [-0.05, 0) is 30.4 Å². The highest BCUT2D eigenvalue weighted by Crippen LogP contribution is 2.21. The van der Waals surface area contributed by atoms with Gasteiger partial charge in [-0.2, -0.15) is 11.8 Å². The Bertz CT molecular complexity index is 516. The molecule has 0 bridgehead atoms. The summed E-state index contributed by atoms with van der Waals surface area (Å²) in [4.78, 5) is 25.0. The fourth-order valence-corrected chi connectivity index (χ4v) is 3.00. The van der Waals surface area contributed by atoms with E-state index in [1.54, 1.807) is 11.0 Å². The van der Waals surface area contributed by atoms with Crippen molar-refractivity contribution in [3.63, 3.8) is 0 Å². The van der Waals surface area contributed by atoms with Gasteiger partial charge in [-0.1, -0.05) is 11.6 Å². The number of hydrogen-bond acceptors (Lipinski definition) is 3. The molecule has 1 aromatic rings. The number of carboxylic acid groups (broad SMARTS) is 1. The Morgan fingerprint density at radius 3 is 2.85 bits per heavy atom. The molecule has 2 amide bonds. The molecule has 0 aromatic heterocycles. The zero-order valence-corrected chi connectivity index (χ0v) is 12.3. The van der Waals surface area contributed by atoms with E-state index in [2.05, 4.69) is 5.32 Å². The number of benzene rings is 1. The number of halogens is 1. The second-order valence-electron chi connectivity index (χ2n) is 4.38. The van der Waals surface area contributed by atoms with Crippen molar-refractivity contribution in [3.05, 3.63) is 28.8 Å². The van der Waals surface area contributed by atoms with Crippen molar-refractivity contribution in [2.45, 2.75) is 6.42 Å². The van der Waals surface area contributed by atoms with Crippen LogP contribution in [0.1, 0.15) is 16.8 Å². The lowest BCUT2D eigenvalue weighted by Gasteiger charge is -2.21. The zero-order chi connectivity index (χ0) is 14.5. The SMILES string of the molecule is O=C(O)c1cc(Cl)ccc1NC(=O)N1CCCSCC1. The Hall–Kier alpha value is -1.40. The van der Waals surface area contributed by atoms with Gasteiger partial charge in [0.25, 0.3) is 0 Å². The van der Waals surface area contributed by atoms with Crippen molar-refractivity contribution in [1.82, 2.24) is 4.90 Å². The highest BCUT2D eigenvalue weighted by atomic mass is 35.5. The molecule has 1 aromatic carbocycles. The van der Waals surface area contributed by atoms with Crippen molar-refractivity contribution in [1.29, 1.82) is 0 Å². The number of nitrogens with zero attached hydrogens (tertiary/aromatic N) is 1. The highest BCUT2D eigenvalue weighted by Gasteiger charge is 2.18. The molecule has 0 spiro atoms. The maximum absolute atomic E-state index is 12.2. The van der Waals surface area contributed by atoms with Crippen LogP contribution in [-0.4, -0.2) is 46.6 Å². The van der Waals surface area contributed by atoms with E-state index >= 15 is 0 Å². The van der Waals surface area contributed by atoms with Crippen LogP contribution in [0.5, 0.6) is 0 Å². The number of thioether (sulfide) groups is 1. The number of rotatable bonds is 2. The van der Waals surface area contributed by atoms with E-state index in [-0.39, 0.29) is 17.3 Å². The number of nitrogens with one attached hydrogen (secondary N) is 1. The van der Waals surface area contributed by atoms with E-state index in [0.29, 0.717) is 18.1 Å². The van der Waals surface area contributed by atoms with Crippen LogP contribution in [0.15, 0.2) is 18.2 Å². The highest BCUT2D eigenvalue weighted by molar-refractivity contribution is 7.99. The molecule has 20 heavy (non-hydrogen) atoms. The minimum Gasteiger partial charge on any atom is -0.478 e. The third kappa shape index (κ3) is 3.80. The molecule has 1 aliphatic rings. The molecule has 0 aliphatic carbocycles. The molecule has 1 saturated heterocycles. The molecule has 0 unspecified atom stereocenters. The van der Waals surface area contributed by atoms with Crippen molar-refractivity contribution < 1.29 is 14.7 Å². The summed E-state index contributed by atoms with van der Waals surface area (Å²) in [7, 11) is 0. The van der Waals surface area contributed by atoms with Gasteiger partial charge < -0.3 is 15.3 Å². The van der Waals surface area contributed by atoms with Gasteiger partial charge in [0.05, 0.1) is 11.3 Å². The molecule has 2 N–H and O–H groups in total. The lowest BCUT2D eigenvalue weighted by molar-refractivity contribution is 0.0698. The van der Waals surface area contributed by atoms with Crippen LogP contribution in [0.3, 0.4) is 0 Å². The zero-order valence-electron chi connectivity index (χ0n) is 10.8. The topological polar surface area (TPSA) is 69.6 Å². The third-order valence-electron chi connectivity index (χ3n) is 2.96. The molecule has 1 aliphatic heterocycles. The van der Waals surface area contributed by atoms with Gasteiger partial charge in [-0.3, -0.25) is 0 Å².